The van der Waals surface area contributed by atoms with Gasteiger partial charge in [-0.05, 0) is 24.6 Å². The van der Waals surface area contributed by atoms with Crippen LogP contribution in [0.25, 0.3) is 0 Å². The molecule has 0 spiro atoms. The summed E-state index contributed by atoms with van der Waals surface area (Å²) in [6.45, 7) is 1.68. The lowest BCUT2D eigenvalue weighted by molar-refractivity contribution is -0.123. The summed E-state index contributed by atoms with van der Waals surface area (Å²) in [4.78, 5) is 11.7. The third-order valence-electron chi connectivity index (χ3n) is 2.74. The third-order valence-corrected chi connectivity index (χ3v) is 3.05. The van der Waals surface area contributed by atoms with Crippen LogP contribution in [0.2, 0.25) is 5.02 Å². The van der Waals surface area contributed by atoms with E-state index in [9.17, 15) is 4.79 Å². The highest BCUT2D eigenvalue weighted by Crippen LogP contribution is 2.22. The molecule has 0 saturated carbocycles. The van der Waals surface area contributed by atoms with E-state index in [1.54, 1.807) is 24.3 Å². The first-order valence-electron chi connectivity index (χ1n) is 6.42. The fourth-order valence-electron chi connectivity index (χ4n) is 1.63. The maximum absolute atomic E-state index is 11.7. The van der Waals surface area contributed by atoms with Crippen molar-refractivity contribution >= 4 is 23.2 Å². The molecule has 0 aliphatic heterocycles. The zero-order valence-electron chi connectivity index (χ0n) is 11.5. The minimum Gasteiger partial charge on any atom is -0.482 e. The number of carbonyl (C=O) groups excluding carboxylic acids is 1. The van der Waals surface area contributed by atoms with Crippen LogP contribution in [0.5, 0.6) is 5.75 Å². The zero-order valence-corrected chi connectivity index (χ0v) is 12.3. The van der Waals surface area contributed by atoms with Gasteiger partial charge in [0, 0.05) is 0 Å². The first kappa shape index (κ1) is 15.1. The molecule has 0 aliphatic rings. The van der Waals surface area contributed by atoms with Crippen molar-refractivity contribution in [2.75, 3.05) is 6.61 Å². The first-order chi connectivity index (χ1) is 10.2. The average Bonchev–Trinajstić information content (AvgIpc) is 2.52. The van der Waals surface area contributed by atoms with E-state index in [1.165, 1.54) is 0 Å². The number of rotatable bonds is 5. The van der Waals surface area contributed by atoms with Gasteiger partial charge in [-0.1, -0.05) is 54.1 Å². The fourth-order valence-corrected chi connectivity index (χ4v) is 1.82. The largest absolute Gasteiger partial charge is 0.482 e. The Labute approximate surface area is 128 Å². The van der Waals surface area contributed by atoms with Gasteiger partial charge in [0.05, 0.1) is 10.7 Å². The number of hydrogen-bond donors (Lipinski definition) is 1. The summed E-state index contributed by atoms with van der Waals surface area (Å²) < 4.78 is 5.32. The normalized spacial score (nSPS) is 11.0. The molecule has 2 rings (SSSR count). The standard InChI is InChI=1S/C16H15ClN2O2/c1-12(13-7-3-2-4-8-13)18-19-16(20)11-21-15-10-6-5-9-14(15)17/h2-10H,11H2,1H3,(H,19,20)/b18-12+. The van der Waals surface area contributed by atoms with Gasteiger partial charge >= 0.3 is 0 Å². The second-order valence-electron chi connectivity index (χ2n) is 4.32. The molecule has 0 unspecified atom stereocenters. The third kappa shape index (κ3) is 4.61. The Morgan fingerprint density at radius 1 is 1.14 bits per heavy atom. The number of ether oxygens (including phenoxy) is 1. The van der Waals surface area contributed by atoms with Crippen LogP contribution in [-0.2, 0) is 4.79 Å². The number of benzene rings is 2. The molecule has 1 amide bonds. The zero-order chi connectivity index (χ0) is 15.1. The number of hydrogen-bond acceptors (Lipinski definition) is 3. The van der Waals surface area contributed by atoms with E-state index < -0.39 is 0 Å². The smallest absolute Gasteiger partial charge is 0.277 e. The summed E-state index contributed by atoms with van der Waals surface area (Å²) in [7, 11) is 0. The van der Waals surface area contributed by atoms with Crippen molar-refractivity contribution in [2.24, 2.45) is 5.10 Å². The van der Waals surface area contributed by atoms with E-state index in [0.29, 0.717) is 10.8 Å². The Bertz CT molecular complexity index is 642. The highest BCUT2D eigenvalue weighted by Gasteiger charge is 2.05. The van der Waals surface area contributed by atoms with Gasteiger partial charge in [0.25, 0.3) is 5.91 Å². The van der Waals surface area contributed by atoms with Gasteiger partial charge < -0.3 is 4.74 Å². The van der Waals surface area contributed by atoms with Crippen LogP contribution in [0.3, 0.4) is 0 Å². The molecule has 2 aromatic rings. The number of para-hydroxylation sites is 1. The van der Waals surface area contributed by atoms with Crippen molar-refractivity contribution in [2.45, 2.75) is 6.92 Å². The molecule has 0 aromatic heterocycles. The van der Waals surface area contributed by atoms with Crippen LogP contribution in [0.1, 0.15) is 12.5 Å². The van der Waals surface area contributed by atoms with Crippen molar-refractivity contribution in [3.8, 4) is 5.75 Å². The van der Waals surface area contributed by atoms with Crippen molar-refractivity contribution < 1.29 is 9.53 Å². The number of carbonyl (C=O) groups is 1. The predicted octanol–water partition coefficient (Wildman–Crippen LogP) is 3.26. The van der Waals surface area contributed by atoms with Crippen molar-refractivity contribution in [1.82, 2.24) is 5.43 Å². The predicted molar refractivity (Wildman–Crippen MR) is 83.7 cm³/mol. The quantitative estimate of drug-likeness (QED) is 0.681. The summed E-state index contributed by atoms with van der Waals surface area (Å²) in [5.74, 6) is 0.128. The molecule has 0 fully saturated rings. The number of nitrogens with zero attached hydrogens (tertiary/aromatic N) is 1. The van der Waals surface area contributed by atoms with Crippen LogP contribution in [0.15, 0.2) is 59.7 Å². The summed E-state index contributed by atoms with van der Waals surface area (Å²) in [5.41, 5.74) is 4.12. The lowest BCUT2D eigenvalue weighted by Gasteiger charge is -2.07. The summed E-state index contributed by atoms with van der Waals surface area (Å²) in [5, 5.41) is 4.50. The molecule has 0 atom stereocenters. The second kappa shape index (κ2) is 7.45. The van der Waals surface area contributed by atoms with Crippen LogP contribution >= 0.6 is 11.6 Å². The molecule has 21 heavy (non-hydrogen) atoms. The molecule has 1 N–H and O–H groups in total. The molecule has 0 heterocycles. The molecule has 108 valence electrons. The number of halogens is 1. The van der Waals surface area contributed by atoms with Gasteiger partial charge in [-0.2, -0.15) is 5.10 Å². The SMILES string of the molecule is C/C(=N\NC(=O)COc1ccccc1Cl)c1ccccc1. The Morgan fingerprint density at radius 2 is 1.81 bits per heavy atom. The number of hydrazone groups is 1. The van der Waals surface area contributed by atoms with Crippen LogP contribution in [0, 0.1) is 0 Å². The van der Waals surface area contributed by atoms with Crippen molar-refractivity contribution in [3.05, 3.63) is 65.2 Å². The molecular formula is C16H15ClN2O2. The molecule has 0 aliphatic carbocycles. The molecule has 5 heteroatoms. The monoisotopic (exact) mass is 302 g/mol. The van der Waals surface area contributed by atoms with Crippen molar-refractivity contribution in [3.63, 3.8) is 0 Å². The van der Waals surface area contributed by atoms with Crippen LogP contribution in [0.4, 0.5) is 0 Å². The van der Waals surface area contributed by atoms with E-state index in [-0.39, 0.29) is 12.5 Å². The highest BCUT2D eigenvalue weighted by molar-refractivity contribution is 6.32. The summed E-state index contributed by atoms with van der Waals surface area (Å²) >= 11 is 5.93. The second-order valence-corrected chi connectivity index (χ2v) is 4.72. The van der Waals surface area contributed by atoms with Gasteiger partial charge in [0.2, 0.25) is 0 Å². The number of nitrogens with one attached hydrogen (secondary N) is 1. The minimum absolute atomic E-state index is 0.144. The van der Waals surface area contributed by atoms with E-state index in [1.807, 2.05) is 37.3 Å². The Hall–Kier alpha value is -2.33. The van der Waals surface area contributed by atoms with E-state index in [2.05, 4.69) is 10.5 Å². The van der Waals surface area contributed by atoms with Crippen LogP contribution in [-0.4, -0.2) is 18.2 Å². The van der Waals surface area contributed by atoms with Crippen molar-refractivity contribution in [1.29, 1.82) is 0 Å². The summed E-state index contributed by atoms with van der Waals surface area (Å²) in [6.07, 6.45) is 0. The number of amides is 1. The molecule has 4 nitrogen and oxygen atoms in total. The lowest BCUT2D eigenvalue weighted by atomic mass is 10.1. The first-order valence-corrected chi connectivity index (χ1v) is 6.80. The van der Waals surface area contributed by atoms with E-state index in [4.69, 9.17) is 16.3 Å². The molecule has 0 bridgehead atoms. The molecule has 0 radical (unpaired) electrons. The maximum Gasteiger partial charge on any atom is 0.277 e. The Morgan fingerprint density at radius 3 is 2.52 bits per heavy atom. The topological polar surface area (TPSA) is 50.7 Å². The van der Waals surface area contributed by atoms with E-state index in [0.717, 1.165) is 11.3 Å². The molecular weight excluding hydrogens is 288 g/mol. The summed E-state index contributed by atoms with van der Waals surface area (Å²) in [6, 6.07) is 16.6. The molecule has 2 aromatic carbocycles. The fraction of sp³-hybridized carbons (Fsp3) is 0.125. The van der Waals surface area contributed by atoms with Gasteiger partial charge in [-0.3, -0.25) is 4.79 Å². The Kier molecular flexibility index (Phi) is 5.35. The minimum atomic E-state index is -0.342. The highest BCUT2D eigenvalue weighted by atomic mass is 35.5. The average molecular weight is 303 g/mol. The Balaban J connectivity index is 1.87. The molecule has 0 saturated heterocycles. The van der Waals surface area contributed by atoms with Gasteiger partial charge in [0.1, 0.15) is 5.75 Å². The maximum atomic E-state index is 11.7. The van der Waals surface area contributed by atoms with Gasteiger partial charge in [-0.25, -0.2) is 5.43 Å². The van der Waals surface area contributed by atoms with Gasteiger partial charge in [0.15, 0.2) is 6.61 Å². The lowest BCUT2D eigenvalue weighted by Crippen LogP contribution is -2.25. The van der Waals surface area contributed by atoms with Crippen LogP contribution < -0.4 is 10.2 Å². The van der Waals surface area contributed by atoms with E-state index >= 15 is 0 Å². The van der Waals surface area contributed by atoms with Gasteiger partial charge in [-0.15, -0.1) is 0 Å².